The monoisotopic (exact) mass is 561 g/mol. The van der Waals surface area contributed by atoms with E-state index in [2.05, 4.69) is 20.9 Å². The van der Waals surface area contributed by atoms with E-state index in [9.17, 15) is 9.59 Å². The van der Waals surface area contributed by atoms with Crippen LogP contribution in [0.25, 0.3) is 21.5 Å². The van der Waals surface area contributed by atoms with Crippen molar-refractivity contribution in [1.82, 2.24) is 4.98 Å². The molecule has 188 valence electrons. The molecule has 0 bridgehead atoms. The van der Waals surface area contributed by atoms with Crippen LogP contribution in [0.1, 0.15) is 48.8 Å². The molecule has 0 saturated carbocycles. The highest BCUT2D eigenvalue weighted by Gasteiger charge is 2.63. The first-order chi connectivity index (χ1) is 17.8. The van der Waals surface area contributed by atoms with Crippen molar-refractivity contribution in [3.8, 4) is 23.1 Å². The molecule has 0 saturated heterocycles. The smallest absolute Gasteiger partial charge is 0.225 e. The summed E-state index contributed by atoms with van der Waals surface area (Å²) in [7, 11) is 6.11. The number of methoxy groups -OCH3 is 4. The van der Waals surface area contributed by atoms with Crippen LogP contribution in [-0.4, -0.2) is 45.0 Å². The number of rotatable bonds is 4. The van der Waals surface area contributed by atoms with Gasteiger partial charge < -0.3 is 18.9 Å². The molecular weight excluding hydrogens is 538 g/mol. The fourth-order valence-corrected chi connectivity index (χ4v) is 7.05. The summed E-state index contributed by atoms with van der Waals surface area (Å²) in [5.74, 6) is 0.878. The summed E-state index contributed by atoms with van der Waals surface area (Å²) < 4.78 is 23.1. The molecule has 8 heteroatoms. The predicted molar refractivity (Wildman–Crippen MR) is 143 cm³/mol. The highest BCUT2D eigenvalue weighted by molar-refractivity contribution is 9.09. The molecule has 1 spiro atoms. The quantitative estimate of drug-likeness (QED) is 0.227. The largest absolute Gasteiger partial charge is 0.496 e. The van der Waals surface area contributed by atoms with Crippen molar-refractivity contribution < 1.29 is 28.5 Å². The second-order valence-corrected chi connectivity index (χ2v) is 10.4. The Morgan fingerprint density at radius 2 is 1.43 bits per heavy atom. The van der Waals surface area contributed by atoms with Gasteiger partial charge in [0.15, 0.2) is 11.6 Å². The minimum atomic E-state index is -1.51. The standard InChI is InChI=1S/C29H24BrNO6/c1-13-10-14-11-17-18(30)12-29(22(17)25(36-4)19(14)28(31-13)37-5)26(32)20-21(27(29)33)24(35-3)16-9-7-6-8-15(16)23(20)34-2/h6-11,18H,12H2,1-5H3. The Morgan fingerprint density at radius 1 is 0.865 bits per heavy atom. The number of benzene rings is 3. The second-order valence-electron chi connectivity index (χ2n) is 9.34. The van der Waals surface area contributed by atoms with Crippen molar-refractivity contribution >= 4 is 49.0 Å². The lowest BCUT2D eigenvalue weighted by Crippen LogP contribution is -2.36. The van der Waals surface area contributed by atoms with Gasteiger partial charge in [0.1, 0.15) is 22.7 Å². The molecule has 2 aliphatic carbocycles. The lowest BCUT2D eigenvalue weighted by Gasteiger charge is -2.24. The first-order valence-corrected chi connectivity index (χ1v) is 12.7. The maximum atomic E-state index is 14.6. The average molecular weight is 562 g/mol. The zero-order chi connectivity index (χ0) is 26.2. The van der Waals surface area contributed by atoms with Crippen molar-refractivity contribution in [2.75, 3.05) is 28.4 Å². The molecule has 0 radical (unpaired) electrons. The predicted octanol–water partition coefficient (Wildman–Crippen LogP) is 5.89. The summed E-state index contributed by atoms with van der Waals surface area (Å²) in [5, 5.41) is 2.90. The van der Waals surface area contributed by atoms with Gasteiger partial charge in [0.25, 0.3) is 0 Å². The number of ether oxygens (including phenoxy) is 4. The molecule has 37 heavy (non-hydrogen) atoms. The zero-order valence-corrected chi connectivity index (χ0v) is 22.6. The van der Waals surface area contributed by atoms with Gasteiger partial charge >= 0.3 is 0 Å². The molecule has 2 aliphatic rings. The van der Waals surface area contributed by atoms with Crippen LogP contribution < -0.4 is 18.9 Å². The van der Waals surface area contributed by atoms with E-state index in [1.165, 1.54) is 21.3 Å². The Hall–Kier alpha value is -3.65. The van der Waals surface area contributed by atoms with E-state index in [-0.39, 0.29) is 33.9 Å². The molecule has 1 heterocycles. The van der Waals surface area contributed by atoms with Gasteiger partial charge in [-0.05, 0) is 36.4 Å². The number of pyridine rings is 1. The molecule has 3 aromatic carbocycles. The number of aryl methyl sites for hydroxylation is 1. The van der Waals surface area contributed by atoms with Crippen LogP contribution in [0.3, 0.4) is 0 Å². The van der Waals surface area contributed by atoms with Crippen molar-refractivity contribution in [3.05, 3.63) is 64.3 Å². The Kier molecular flexibility index (Phi) is 5.25. The minimum absolute atomic E-state index is 0.235. The van der Waals surface area contributed by atoms with Crippen LogP contribution in [-0.2, 0) is 5.41 Å². The minimum Gasteiger partial charge on any atom is -0.496 e. The summed E-state index contributed by atoms with van der Waals surface area (Å²) >= 11 is 3.77. The normalized spacial score (nSPS) is 17.4. The summed E-state index contributed by atoms with van der Waals surface area (Å²) in [4.78, 5) is 33.4. The number of carbonyl (C=O) groups excluding carboxylic acids is 2. The molecule has 4 aromatic rings. The number of nitrogens with zero attached hydrogens (tertiary/aromatic N) is 1. The first kappa shape index (κ1) is 23.7. The highest BCUT2D eigenvalue weighted by atomic mass is 79.9. The van der Waals surface area contributed by atoms with Crippen LogP contribution in [0.5, 0.6) is 23.1 Å². The lowest BCUT2D eigenvalue weighted by atomic mass is 9.76. The molecule has 0 aliphatic heterocycles. The van der Waals surface area contributed by atoms with Crippen molar-refractivity contribution in [2.45, 2.75) is 23.6 Å². The average Bonchev–Trinajstić information content (AvgIpc) is 3.32. The fourth-order valence-electron chi connectivity index (χ4n) is 6.20. The van der Waals surface area contributed by atoms with Gasteiger partial charge in [0, 0.05) is 26.9 Å². The van der Waals surface area contributed by atoms with Gasteiger partial charge in [-0.15, -0.1) is 0 Å². The van der Waals surface area contributed by atoms with E-state index in [0.29, 0.717) is 44.9 Å². The van der Waals surface area contributed by atoms with Crippen LogP contribution >= 0.6 is 15.9 Å². The third-order valence-electron chi connectivity index (χ3n) is 7.60. The van der Waals surface area contributed by atoms with Gasteiger partial charge in [0.05, 0.1) is 45.0 Å². The van der Waals surface area contributed by atoms with Gasteiger partial charge in [-0.3, -0.25) is 9.59 Å². The Balaban J connectivity index is 1.75. The lowest BCUT2D eigenvalue weighted by molar-refractivity contribution is 0.0790. The van der Waals surface area contributed by atoms with E-state index in [1.807, 2.05) is 43.3 Å². The van der Waals surface area contributed by atoms with Crippen LogP contribution in [0.2, 0.25) is 0 Å². The molecular formula is C29H24BrNO6. The first-order valence-electron chi connectivity index (χ1n) is 11.8. The van der Waals surface area contributed by atoms with Crippen LogP contribution in [0, 0.1) is 6.92 Å². The van der Waals surface area contributed by atoms with Crippen molar-refractivity contribution in [2.24, 2.45) is 0 Å². The van der Waals surface area contributed by atoms with Gasteiger partial charge in [-0.1, -0.05) is 40.2 Å². The molecule has 7 nitrogen and oxygen atoms in total. The summed E-state index contributed by atoms with van der Waals surface area (Å²) in [6.07, 6.45) is 0.235. The number of fused-ring (bicyclic) bond motifs is 5. The third kappa shape index (κ3) is 2.84. The zero-order valence-electron chi connectivity index (χ0n) is 21.0. The number of halogens is 1. The SMILES string of the molecule is COc1c2c(c(OC)c3ccccc13)C(=O)C1(CC(Br)c3cc4cc(C)nc(OC)c4c(OC)c31)C2=O. The maximum absolute atomic E-state index is 14.6. The number of hydrogen-bond acceptors (Lipinski definition) is 7. The van der Waals surface area contributed by atoms with E-state index < -0.39 is 5.41 Å². The van der Waals surface area contributed by atoms with E-state index in [1.54, 1.807) is 7.11 Å². The highest BCUT2D eigenvalue weighted by Crippen LogP contribution is 2.62. The third-order valence-corrected chi connectivity index (χ3v) is 8.42. The summed E-state index contributed by atoms with van der Waals surface area (Å²) in [5.41, 5.74) is 1.12. The maximum Gasteiger partial charge on any atom is 0.225 e. The topological polar surface area (TPSA) is 84.0 Å². The van der Waals surface area contributed by atoms with Gasteiger partial charge in [-0.2, -0.15) is 0 Å². The van der Waals surface area contributed by atoms with E-state index in [0.717, 1.165) is 16.6 Å². The number of aromatic nitrogens is 1. The summed E-state index contributed by atoms with van der Waals surface area (Å²) in [6, 6.07) is 11.4. The van der Waals surface area contributed by atoms with Gasteiger partial charge in [-0.25, -0.2) is 4.98 Å². The van der Waals surface area contributed by atoms with E-state index in [4.69, 9.17) is 18.9 Å². The van der Waals surface area contributed by atoms with Gasteiger partial charge in [0.2, 0.25) is 5.88 Å². The molecule has 6 rings (SSSR count). The van der Waals surface area contributed by atoms with E-state index >= 15 is 0 Å². The number of ketones is 2. The summed E-state index contributed by atoms with van der Waals surface area (Å²) in [6.45, 7) is 1.89. The Labute approximate surface area is 221 Å². The molecule has 0 fully saturated rings. The Morgan fingerprint density at radius 3 is 1.95 bits per heavy atom. The molecule has 0 N–H and O–H groups in total. The van der Waals surface area contributed by atoms with Crippen LogP contribution in [0.4, 0.5) is 0 Å². The van der Waals surface area contributed by atoms with Crippen molar-refractivity contribution in [1.29, 1.82) is 0 Å². The van der Waals surface area contributed by atoms with Crippen LogP contribution in [0.15, 0.2) is 36.4 Å². The number of carbonyl (C=O) groups is 2. The molecule has 1 unspecified atom stereocenters. The number of alkyl halides is 1. The number of Topliss-reactive ketones (excluding diaryl/α,β-unsaturated/α-hetero) is 2. The van der Waals surface area contributed by atoms with Crippen molar-refractivity contribution in [3.63, 3.8) is 0 Å². The number of hydrogen-bond donors (Lipinski definition) is 0. The molecule has 1 aromatic heterocycles. The molecule has 0 amide bonds. The Bertz CT molecular complexity index is 1610. The second kappa shape index (κ2) is 8.18. The molecule has 1 atom stereocenters. The fraction of sp³-hybridized carbons (Fsp3) is 0.276.